The Labute approximate surface area is 138 Å². The number of carbonyl (C=O) groups excluding carboxylic acids is 1. The lowest BCUT2D eigenvalue weighted by atomic mass is 9.71. The Morgan fingerprint density at radius 2 is 2.22 bits per heavy atom. The predicted octanol–water partition coefficient (Wildman–Crippen LogP) is 1.17. The number of aromatic nitrogens is 2. The number of nitrogens with zero attached hydrogens (tertiary/aromatic N) is 3. The van der Waals surface area contributed by atoms with Crippen molar-refractivity contribution in [3.63, 3.8) is 0 Å². The van der Waals surface area contributed by atoms with Crippen molar-refractivity contribution < 1.29 is 9.53 Å². The van der Waals surface area contributed by atoms with Crippen LogP contribution < -0.4 is 5.32 Å². The van der Waals surface area contributed by atoms with Crippen LogP contribution in [-0.2, 0) is 23.1 Å². The summed E-state index contributed by atoms with van der Waals surface area (Å²) in [5, 5.41) is 7.37. The molecule has 2 saturated heterocycles. The first-order valence-corrected chi connectivity index (χ1v) is 8.56. The fourth-order valence-corrected chi connectivity index (χ4v) is 4.03. The summed E-state index contributed by atoms with van der Waals surface area (Å²) < 4.78 is 7.39. The molecule has 0 bridgehead atoms. The topological polar surface area (TPSA) is 59.4 Å². The van der Waals surface area contributed by atoms with E-state index in [1.807, 2.05) is 31.8 Å². The van der Waals surface area contributed by atoms with Gasteiger partial charge in [-0.15, -0.1) is 0 Å². The average Bonchev–Trinajstić information content (AvgIpc) is 3.04. The predicted molar refractivity (Wildman–Crippen MR) is 87.7 cm³/mol. The summed E-state index contributed by atoms with van der Waals surface area (Å²) in [4.78, 5) is 15.1. The summed E-state index contributed by atoms with van der Waals surface area (Å²) in [7, 11) is 1.94. The maximum atomic E-state index is 12.7. The van der Waals surface area contributed by atoms with Gasteiger partial charge in [-0.1, -0.05) is 0 Å². The number of carbonyl (C=O) groups is 1. The maximum Gasteiger partial charge on any atom is 0.225 e. The summed E-state index contributed by atoms with van der Waals surface area (Å²) in [6.45, 7) is 8.25. The number of likely N-dealkylation sites (tertiary alicyclic amines) is 1. The van der Waals surface area contributed by atoms with Crippen LogP contribution in [0.3, 0.4) is 0 Å². The number of hydrogen-bond acceptors (Lipinski definition) is 4. The normalized spacial score (nSPS) is 24.4. The average molecular weight is 320 g/mol. The van der Waals surface area contributed by atoms with Crippen molar-refractivity contribution in [2.75, 3.05) is 26.3 Å². The highest BCUT2D eigenvalue weighted by atomic mass is 16.5. The number of nitrogens with one attached hydrogen (secondary N) is 1. The van der Waals surface area contributed by atoms with Crippen LogP contribution in [0, 0.1) is 11.3 Å². The summed E-state index contributed by atoms with van der Waals surface area (Å²) in [6, 6.07) is 0.187. The fraction of sp³-hybridized carbons (Fsp3) is 0.765. The Kier molecular flexibility index (Phi) is 4.73. The molecule has 1 unspecified atom stereocenters. The molecule has 1 aromatic rings. The molecule has 3 heterocycles. The van der Waals surface area contributed by atoms with E-state index >= 15 is 0 Å². The van der Waals surface area contributed by atoms with Gasteiger partial charge >= 0.3 is 0 Å². The molecule has 2 fully saturated rings. The highest BCUT2D eigenvalue weighted by Gasteiger charge is 2.50. The van der Waals surface area contributed by atoms with Gasteiger partial charge in [0, 0.05) is 63.1 Å². The second kappa shape index (κ2) is 6.61. The second-order valence-electron chi connectivity index (χ2n) is 7.38. The van der Waals surface area contributed by atoms with Crippen molar-refractivity contribution in [3.05, 3.63) is 18.0 Å². The molecule has 6 heteroatoms. The third-order valence-corrected chi connectivity index (χ3v) is 5.12. The van der Waals surface area contributed by atoms with Crippen LogP contribution >= 0.6 is 0 Å². The van der Waals surface area contributed by atoms with Crippen LogP contribution in [0.1, 0.15) is 32.3 Å². The molecule has 23 heavy (non-hydrogen) atoms. The number of rotatable bonds is 4. The minimum atomic E-state index is 0.0606. The van der Waals surface area contributed by atoms with Gasteiger partial charge in [-0.05, 0) is 26.7 Å². The van der Waals surface area contributed by atoms with Gasteiger partial charge in [0.15, 0.2) is 0 Å². The number of aryl methyl sites for hydroxylation is 1. The van der Waals surface area contributed by atoms with Crippen LogP contribution in [0.4, 0.5) is 0 Å². The van der Waals surface area contributed by atoms with E-state index in [4.69, 9.17) is 4.74 Å². The molecule has 1 atom stereocenters. The van der Waals surface area contributed by atoms with Crippen LogP contribution in [0.5, 0.6) is 0 Å². The first kappa shape index (κ1) is 16.5. The highest BCUT2D eigenvalue weighted by molar-refractivity contribution is 5.80. The zero-order chi connectivity index (χ0) is 16.4. The molecule has 0 radical (unpaired) electrons. The molecule has 0 aliphatic carbocycles. The van der Waals surface area contributed by atoms with Crippen LogP contribution in [0.2, 0.25) is 0 Å². The van der Waals surface area contributed by atoms with Crippen LogP contribution in [0.25, 0.3) is 0 Å². The molecule has 2 aliphatic heterocycles. The van der Waals surface area contributed by atoms with Crippen LogP contribution in [0.15, 0.2) is 12.4 Å². The quantitative estimate of drug-likeness (QED) is 0.905. The van der Waals surface area contributed by atoms with Crippen molar-refractivity contribution in [2.45, 2.75) is 39.3 Å². The molecule has 1 spiro atoms. The number of ether oxygens (including phenoxy) is 1. The largest absolute Gasteiger partial charge is 0.381 e. The van der Waals surface area contributed by atoms with Crippen molar-refractivity contribution in [1.82, 2.24) is 20.0 Å². The van der Waals surface area contributed by atoms with E-state index in [-0.39, 0.29) is 23.3 Å². The van der Waals surface area contributed by atoms with Crippen LogP contribution in [-0.4, -0.2) is 52.9 Å². The Hall–Kier alpha value is -1.40. The third kappa shape index (κ3) is 3.58. The number of hydrogen-bond donors (Lipinski definition) is 1. The number of amides is 1. The molecule has 128 valence electrons. The van der Waals surface area contributed by atoms with Gasteiger partial charge in [0.2, 0.25) is 5.91 Å². The van der Waals surface area contributed by atoms with Gasteiger partial charge in [-0.25, -0.2) is 0 Å². The Morgan fingerprint density at radius 1 is 1.48 bits per heavy atom. The minimum absolute atomic E-state index is 0.0606. The van der Waals surface area contributed by atoms with Gasteiger partial charge in [0.05, 0.1) is 12.1 Å². The van der Waals surface area contributed by atoms with Crippen molar-refractivity contribution in [1.29, 1.82) is 0 Å². The highest BCUT2D eigenvalue weighted by Crippen LogP contribution is 2.44. The molecule has 3 rings (SSSR count). The minimum Gasteiger partial charge on any atom is -0.381 e. The van der Waals surface area contributed by atoms with Gasteiger partial charge in [0.1, 0.15) is 0 Å². The molecule has 6 nitrogen and oxygen atoms in total. The van der Waals surface area contributed by atoms with E-state index in [1.165, 1.54) is 5.56 Å². The Bertz CT molecular complexity index is 549. The third-order valence-electron chi connectivity index (χ3n) is 5.12. The van der Waals surface area contributed by atoms with Gasteiger partial charge in [-0.2, -0.15) is 5.10 Å². The van der Waals surface area contributed by atoms with E-state index in [2.05, 4.69) is 21.5 Å². The molecule has 1 amide bonds. The fourth-order valence-electron chi connectivity index (χ4n) is 4.03. The Balaban J connectivity index is 1.74. The zero-order valence-corrected chi connectivity index (χ0v) is 14.4. The lowest BCUT2D eigenvalue weighted by Gasteiger charge is -2.37. The lowest BCUT2D eigenvalue weighted by Crippen LogP contribution is -2.46. The molecule has 1 aromatic heterocycles. The smallest absolute Gasteiger partial charge is 0.225 e. The van der Waals surface area contributed by atoms with E-state index in [0.717, 1.165) is 45.7 Å². The van der Waals surface area contributed by atoms with E-state index in [9.17, 15) is 4.79 Å². The SMILES string of the molecule is CC(C)NC(=O)C1CN(Cc2cnn(C)c2)CC12CCOCC2. The first-order chi connectivity index (χ1) is 11.0. The molecular weight excluding hydrogens is 292 g/mol. The van der Waals surface area contributed by atoms with E-state index in [1.54, 1.807) is 0 Å². The standard InChI is InChI=1S/C17H28N4O2/c1-13(2)19-16(22)15-11-21(10-14-8-18-20(3)9-14)12-17(15)4-6-23-7-5-17/h8-9,13,15H,4-7,10-12H2,1-3H3,(H,19,22). The molecular formula is C17H28N4O2. The lowest BCUT2D eigenvalue weighted by molar-refractivity contribution is -0.130. The zero-order valence-electron chi connectivity index (χ0n) is 14.4. The molecule has 2 aliphatic rings. The molecule has 1 N–H and O–H groups in total. The second-order valence-corrected chi connectivity index (χ2v) is 7.38. The summed E-state index contributed by atoms with van der Waals surface area (Å²) >= 11 is 0. The summed E-state index contributed by atoms with van der Waals surface area (Å²) in [5.41, 5.74) is 1.28. The van der Waals surface area contributed by atoms with E-state index in [0.29, 0.717) is 0 Å². The van der Waals surface area contributed by atoms with Gasteiger partial charge < -0.3 is 10.1 Å². The summed E-state index contributed by atoms with van der Waals surface area (Å²) in [6.07, 6.45) is 5.93. The van der Waals surface area contributed by atoms with Gasteiger partial charge in [-0.3, -0.25) is 14.4 Å². The Morgan fingerprint density at radius 3 is 2.83 bits per heavy atom. The first-order valence-electron chi connectivity index (χ1n) is 8.56. The monoisotopic (exact) mass is 320 g/mol. The molecule has 0 aromatic carbocycles. The van der Waals surface area contributed by atoms with Gasteiger partial charge in [0.25, 0.3) is 0 Å². The maximum absolute atomic E-state index is 12.7. The van der Waals surface area contributed by atoms with E-state index < -0.39 is 0 Å². The molecule has 0 saturated carbocycles. The van der Waals surface area contributed by atoms with Crippen molar-refractivity contribution in [2.24, 2.45) is 18.4 Å². The van der Waals surface area contributed by atoms with Crippen molar-refractivity contribution in [3.8, 4) is 0 Å². The van der Waals surface area contributed by atoms with Crippen molar-refractivity contribution >= 4 is 5.91 Å². The summed E-state index contributed by atoms with van der Waals surface area (Å²) in [5.74, 6) is 0.265.